The van der Waals surface area contributed by atoms with Crippen LogP contribution in [0.25, 0.3) is 5.69 Å². The summed E-state index contributed by atoms with van der Waals surface area (Å²) in [4.78, 5) is 0. The third-order valence-electron chi connectivity index (χ3n) is 2.07. The van der Waals surface area contributed by atoms with Crippen molar-refractivity contribution in [3.8, 4) is 5.69 Å². The molecule has 0 aliphatic rings. The smallest absolute Gasteiger partial charge is 0.133 e. The van der Waals surface area contributed by atoms with E-state index in [1.807, 2.05) is 37.3 Å². The number of nitrogens with zero attached hydrogens (tertiary/aromatic N) is 2. The molecular weight excluding hydrogens is 196 g/mol. The number of benzene rings is 1. The molecule has 0 aliphatic carbocycles. The van der Waals surface area contributed by atoms with Crippen molar-refractivity contribution in [2.24, 2.45) is 0 Å². The van der Waals surface area contributed by atoms with E-state index in [9.17, 15) is 0 Å². The average molecular weight is 207 g/mol. The maximum absolute atomic E-state index is 6.02. The van der Waals surface area contributed by atoms with Gasteiger partial charge in [-0.1, -0.05) is 29.3 Å². The van der Waals surface area contributed by atoms with E-state index in [1.165, 1.54) is 5.56 Å². The van der Waals surface area contributed by atoms with Gasteiger partial charge in [-0.2, -0.15) is 5.10 Å². The Kier molecular flexibility index (Phi) is 2.30. The first-order chi connectivity index (χ1) is 6.66. The summed E-state index contributed by atoms with van der Waals surface area (Å²) >= 11 is 6.02. The fraction of sp³-hybridized carbons (Fsp3) is 0.182. The maximum atomic E-state index is 6.02. The van der Waals surface area contributed by atoms with Gasteiger partial charge < -0.3 is 0 Å². The number of halogens is 1. The van der Waals surface area contributed by atoms with Gasteiger partial charge in [0.2, 0.25) is 0 Å². The third-order valence-corrected chi connectivity index (χ3v) is 2.34. The Morgan fingerprint density at radius 2 is 1.79 bits per heavy atom. The van der Waals surface area contributed by atoms with Crippen molar-refractivity contribution >= 4 is 11.6 Å². The largest absolute Gasteiger partial charge is 0.222 e. The van der Waals surface area contributed by atoms with E-state index < -0.39 is 0 Å². The molecule has 2 nitrogen and oxygen atoms in total. The van der Waals surface area contributed by atoms with Crippen molar-refractivity contribution in [1.82, 2.24) is 9.78 Å². The molecule has 0 N–H and O–H groups in total. The molecule has 0 saturated carbocycles. The molecule has 0 aliphatic heterocycles. The number of rotatable bonds is 1. The molecule has 1 aromatic heterocycles. The molecule has 0 amide bonds. The average Bonchev–Trinajstić information content (AvgIpc) is 2.47. The predicted molar refractivity (Wildman–Crippen MR) is 58.0 cm³/mol. The highest BCUT2D eigenvalue weighted by atomic mass is 35.5. The minimum Gasteiger partial charge on any atom is -0.222 e. The first-order valence-electron chi connectivity index (χ1n) is 4.46. The number of aryl methyl sites for hydroxylation is 2. The molecule has 0 spiro atoms. The van der Waals surface area contributed by atoms with Crippen molar-refractivity contribution in [2.75, 3.05) is 0 Å². The summed E-state index contributed by atoms with van der Waals surface area (Å²) in [5.41, 5.74) is 3.15. The van der Waals surface area contributed by atoms with Crippen LogP contribution in [0, 0.1) is 13.8 Å². The highest BCUT2D eigenvalue weighted by Gasteiger charge is 2.03. The maximum Gasteiger partial charge on any atom is 0.133 e. The lowest BCUT2D eigenvalue weighted by Gasteiger charge is -2.02. The normalized spacial score (nSPS) is 10.5. The van der Waals surface area contributed by atoms with Crippen LogP contribution in [-0.4, -0.2) is 9.78 Å². The van der Waals surface area contributed by atoms with Gasteiger partial charge >= 0.3 is 0 Å². The summed E-state index contributed by atoms with van der Waals surface area (Å²) in [5.74, 6) is 0. The van der Waals surface area contributed by atoms with Crippen molar-refractivity contribution in [2.45, 2.75) is 13.8 Å². The molecule has 0 fully saturated rings. The molecule has 1 heterocycles. The quantitative estimate of drug-likeness (QED) is 0.701. The molecule has 2 aromatic rings. The van der Waals surface area contributed by atoms with Crippen LogP contribution in [0.4, 0.5) is 0 Å². The zero-order valence-corrected chi connectivity index (χ0v) is 8.92. The summed E-state index contributed by atoms with van der Waals surface area (Å²) in [6.07, 6.45) is 0. The fourth-order valence-electron chi connectivity index (χ4n) is 1.33. The fourth-order valence-corrected chi connectivity index (χ4v) is 1.63. The Morgan fingerprint density at radius 1 is 1.14 bits per heavy atom. The van der Waals surface area contributed by atoms with Crippen LogP contribution in [0.15, 0.2) is 30.3 Å². The van der Waals surface area contributed by atoms with Crippen LogP contribution in [0.2, 0.25) is 5.15 Å². The first kappa shape index (κ1) is 9.28. The Bertz CT molecular complexity index is 443. The Labute approximate surface area is 88.1 Å². The van der Waals surface area contributed by atoms with E-state index in [-0.39, 0.29) is 0 Å². The Balaban J connectivity index is 2.49. The molecule has 0 bridgehead atoms. The van der Waals surface area contributed by atoms with Crippen LogP contribution in [0.1, 0.15) is 11.3 Å². The van der Waals surface area contributed by atoms with Crippen LogP contribution in [0.3, 0.4) is 0 Å². The molecule has 3 heteroatoms. The Hall–Kier alpha value is -1.28. The second-order valence-electron chi connectivity index (χ2n) is 3.36. The first-order valence-corrected chi connectivity index (χ1v) is 4.84. The van der Waals surface area contributed by atoms with Crippen molar-refractivity contribution in [3.05, 3.63) is 46.7 Å². The van der Waals surface area contributed by atoms with Crippen molar-refractivity contribution in [1.29, 1.82) is 0 Å². The molecule has 0 radical (unpaired) electrons. The number of hydrogen-bond acceptors (Lipinski definition) is 1. The molecular formula is C11H11ClN2. The van der Waals surface area contributed by atoms with Gasteiger partial charge in [0.1, 0.15) is 5.15 Å². The monoisotopic (exact) mass is 206 g/mol. The van der Waals surface area contributed by atoms with Gasteiger partial charge in [0.25, 0.3) is 0 Å². The lowest BCUT2D eigenvalue weighted by Crippen LogP contribution is -1.96. The van der Waals surface area contributed by atoms with E-state index >= 15 is 0 Å². The molecule has 0 unspecified atom stereocenters. The van der Waals surface area contributed by atoms with Crippen molar-refractivity contribution < 1.29 is 0 Å². The van der Waals surface area contributed by atoms with Gasteiger partial charge in [-0.15, -0.1) is 0 Å². The van der Waals surface area contributed by atoms with E-state index in [2.05, 4.69) is 12.0 Å². The summed E-state index contributed by atoms with van der Waals surface area (Å²) in [6.45, 7) is 3.98. The minimum atomic E-state index is 0.645. The summed E-state index contributed by atoms with van der Waals surface area (Å²) in [6, 6.07) is 9.95. The van der Waals surface area contributed by atoms with E-state index in [0.717, 1.165) is 11.4 Å². The number of hydrogen-bond donors (Lipinski definition) is 0. The summed E-state index contributed by atoms with van der Waals surface area (Å²) in [7, 11) is 0. The zero-order valence-electron chi connectivity index (χ0n) is 8.16. The zero-order chi connectivity index (χ0) is 10.1. The van der Waals surface area contributed by atoms with Crippen LogP contribution < -0.4 is 0 Å². The molecule has 0 atom stereocenters. The molecule has 14 heavy (non-hydrogen) atoms. The van der Waals surface area contributed by atoms with Crippen LogP contribution in [-0.2, 0) is 0 Å². The van der Waals surface area contributed by atoms with Gasteiger partial charge in [-0.05, 0) is 32.0 Å². The van der Waals surface area contributed by atoms with Gasteiger partial charge in [0.15, 0.2) is 0 Å². The topological polar surface area (TPSA) is 17.8 Å². The van der Waals surface area contributed by atoms with E-state index in [1.54, 1.807) is 4.68 Å². The molecule has 2 rings (SSSR count). The lowest BCUT2D eigenvalue weighted by molar-refractivity contribution is 0.863. The second-order valence-corrected chi connectivity index (χ2v) is 3.74. The molecule has 72 valence electrons. The van der Waals surface area contributed by atoms with Gasteiger partial charge in [0.05, 0.1) is 11.4 Å². The van der Waals surface area contributed by atoms with Gasteiger partial charge in [-0.3, -0.25) is 0 Å². The SMILES string of the molecule is Cc1ccc(-n2nc(C)cc2Cl)cc1. The Morgan fingerprint density at radius 3 is 2.29 bits per heavy atom. The number of aromatic nitrogens is 2. The van der Waals surface area contributed by atoms with Gasteiger partial charge in [-0.25, -0.2) is 4.68 Å². The van der Waals surface area contributed by atoms with E-state index in [4.69, 9.17) is 11.6 Å². The van der Waals surface area contributed by atoms with Gasteiger partial charge in [0, 0.05) is 0 Å². The summed E-state index contributed by atoms with van der Waals surface area (Å²) < 4.78 is 1.73. The highest BCUT2D eigenvalue weighted by Crippen LogP contribution is 2.17. The van der Waals surface area contributed by atoms with E-state index in [0.29, 0.717) is 5.15 Å². The lowest BCUT2D eigenvalue weighted by atomic mass is 10.2. The standard InChI is InChI=1S/C11H11ClN2/c1-8-3-5-10(6-4-8)14-11(12)7-9(2)13-14/h3-7H,1-2H3. The molecule has 0 saturated heterocycles. The summed E-state index contributed by atoms with van der Waals surface area (Å²) in [5, 5.41) is 4.94. The van der Waals surface area contributed by atoms with Crippen LogP contribution in [0.5, 0.6) is 0 Å². The highest BCUT2D eigenvalue weighted by molar-refractivity contribution is 6.29. The van der Waals surface area contributed by atoms with Crippen molar-refractivity contribution in [3.63, 3.8) is 0 Å². The third kappa shape index (κ3) is 1.66. The predicted octanol–water partition coefficient (Wildman–Crippen LogP) is 3.14. The minimum absolute atomic E-state index is 0.645. The van der Waals surface area contributed by atoms with Crippen LogP contribution >= 0.6 is 11.6 Å². The molecule has 1 aromatic carbocycles. The second kappa shape index (κ2) is 3.46.